The first kappa shape index (κ1) is 17.3. The molecular weight excluding hydrogens is 337 g/mol. The van der Waals surface area contributed by atoms with Crippen molar-refractivity contribution in [3.63, 3.8) is 0 Å². The number of rotatable bonds is 4. The highest BCUT2D eigenvalue weighted by Crippen LogP contribution is 2.20. The van der Waals surface area contributed by atoms with Gasteiger partial charge < -0.3 is 9.64 Å². The predicted octanol–water partition coefficient (Wildman–Crippen LogP) is 2.66. The normalized spacial score (nSPS) is 10.4. The van der Waals surface area contributed by atoms with E-state index in [9.17, 15) is 14.0 Å². The van der Waals surface area contributed by atoms with Gasteiger partial charge in [0.1, 0.15) is 5.82 Å². The first-order valence-corrected chi connectivity index (χ1v) is 7.78. The zero-order valence-electron chi connectivity index (χ0n) is 14.2. The fourth-order valence-electron chi connectivity index (χ4n) is 2.44. The van der Waals surface area contributed by atoms with E-state index in [4.69, 9.17) is 4.74 Å². The molecule has 0 unspecified atom stereocenters. The van der Waals surface area contributed by atoms with Gasteiger partial charge in [0, 0.05) is 12.7 Å². The zero-order chi connectivity index (χ0) is 18.7. The maximum absolute atomic E-state index is 13.1. The molecule has 0 bridgehead atoms. The Bertz CT molecular complexity index is 985. The molecule has 1 amide bonds. The SMILES string of the molecule is COc1cc(=O)n(-c2ccc(F)cc2)nc1C(=O)N(C)c1ccccc1. The van der Waals surface area contributed by atoms with Crippen LogP contribution in [0.15, 0.2) is 65.5 Å². The Kier molecular flexibility index (Phi) is 4.79. The molecule has 0 aliphatic rings. The van der Waals surface area contributed by atoms with Crippen LogP contribution >= 0.6 is 0 Å². The van der Waals surface area contributed by atoms with Gasteiger partial charge in [-0.25, -0.2) is 4.39 Å². The second-order valence-electron chi connectivity index (χ2n) is 5.49. The van der Waals surface area contributed by atoms with E-state index in [1.54, 1.807) is 19.2 Å². The fraction of sp³-hybridized carbons (Fsp3) is 0.105. The van der Waals surface area contributed by atoms with Crippen molar-refractivity contribution in [1.29, 1.82) is 0 Å². The molecule has 0 aliphatic heterocycles. The minimum Gasteiger partial charge on any atom is -0.494 e. The molecule has 6 nitrogen and oxygen atoms in total. The highest BCUT2D eigenvalue weighted by atomic mass is 19.1. The number of carbonyl (C=O) groups is 1. The first-order chi connectivity index (χ1) is 12.5. The van der Waals surface area contributed by atoms with E-state index in [-0.39, 0.29) is 11.4 Å². The lowest BCUT2D eigenvalue weighted by atomic mass is 10.2. The van der Waals surface area contributed by atoms with Crippen molar-refractivity contribution in [2.24, 2.45) is 0 Å². The average molecular weight is 353 g/mol. The van der Waals surface area contributed by atoms with Crippen LogP contribution in [0.2, 0.25) is 0 Å². The summed E-state index contributed by atoms with van der Waals surface area (Å²) in [4.78, 5) is 26.6. The molecule has 0 atom stereocenters. The molecule has 3 rings (SSSR count). The molecule has 0 aliphatic carbocycles. The Labute approximate surface area is 149 Å². The molecule has 1 heterocycles. The first-order valence-electron chi connectivity index (χ1n) is 7.78. The molecule has 26 heavy (non-hydrogen) atoms. The second kappa shape index (κ2) is 7.18. The molecule has 0 saturated carbocycles. The standard InChI is InChI=1S/C19H16FN3O3/c1-22(14-6-4-3-5-7-14)19(25)18-16(26-2)12-17(24)23(21-18)15-10-8-13(20)9-11-15/h3-12H,1-2H3. The van der Waals surface area contributed by atoms with Crippen molar-refractivity contribution in [3.8, 4) is 11.4 Å². The highest BCUT2D eigenvalue weighted by molar-refractivity contribution is 6.06. The molecule has 0 saturated heterocycles. The second-order valence-corrected chi connectivity index (χ2v) is 5.49. The van der Waals surface area contributed by atoms with Gasteiger partial charge in [-0.05, 0) is 36.4 Å². The quantitative estimate of drug-likeness (QED) is 0.723. The zero-order valence-corrected chi connectivity index (χ0v) is 14.2. The van der Waals surface area contributed by atoms with Crippen molar-refractivity contribution in [2.75, 3.05) is 19.1 Å². The largest absolute Gasteiger partial charge is 0.494 e. The number of aromatic nitrogens is 2. The van der Waals surface area contributed by atoms with E-state index in [1.165, 1.54) is 42.3 Å². The smallest absolute Gasteiger partial charge is 0.282 e. The lowest BCUT2D eigenvalue weighted by Gasteiger charge is -2.18. The van der Waals surface area contributed by atoms with Crippen molar-refractivity contribution in [3.05, 3.63) is 82.5 Å². The van der Waals surface area contributed by atoms with Gasteiger partial charge in [0.05, 0.1) is 18.9 Å². The van der Waals surface area contributed by atoms with Crippen LogP contribution in [-0.4, -0.2) is 29.8 Å². The molecule has 1 aromatic heterocycles. The Balaban J connectivity index is 2.08. The maximum atomic E-state index is 13.1. The van der Waals surface area contributed by atoms with Gasteiger partial charge in [-0.3, -0.25) is 9.59 Å². The molecule has 7 heteroatoms. The van der Waals surface area contributed by atoms with Crippen molar-refractivity contribution in [1.82, 2.24) is 9.78 Å². The molecular formula is C19H16FN3O3. The number of benzene rings is 2. The third kappa shape index (κ3) is 3.32. The molecule has 0 fully saturated rings. The lowest BCUT2D eigenvalue weighted by Crippen LogP contribution is -2.31. The third-order valence-corrected chi connectivity index (χ3v) is 3.84. The van der Waals surface area contributed by atoms with Crippen LogP contribution in [0, 0.1) is 5.82 Å². The van der Waals surface area contributed by atoms with Crippen LogP contribution in [0.3, 0.4) is 0 Å². The molecule has 0 N–H and O–H groups in total. The molecule has 132 valence electrons. The summed E-state index contributed by atoms with van der Waals surface area (Å²) in [5.74, 6) is -0.805. The lowest BCUT2D eigenvalue weighted by molar-refractivity contribution is 0.0983. The number of anilines is 1. The number of carbonyl (C=O) groups excluding carboxylic acids is 1. The van der Waals surface area contributed by atoms with Crippen LogP contribution in [-0.2, 0) is 0 Å². The third-order valence-electron chi connectivity index (χ3n) is 3.84. The Hall–Kier alpha value is -3.48. The van der Waals surface area contributed by atoms with Crippen LogP contribution in [0.5, 0.6) is 5.75 Å². The molecule has 3 aromatic rings. The van der Waals surface area contributed by atoms with Gasteiger partial charge in [0.2, 0.25) is 0 Å². The maximum Gasteiger partial charge on any atom is 0.282 e. The summed E-state index contributed by atoms with van der Waals surface area (Å²) in [7, 11) is 2.96. The van der Waals surface area contributed by atoms with Crippen LogP contribution < -0.4 is 15.2 Å². The van der Waals surface area contributed by atoms with Crippen molar-refractivity contribution >= 4 is 11.6 Å². The number of hydrogen-bond acceptors (Lipinski definition) is 4. The summed E-state index contributed by atoms with van der Waals surface area (Å²) < 4.78 is 19.3. The predicted molar refractivity (Wildman–Crippen MR) is 95.5 cm³/mol. The van der Waals surface area contributed by atoms with E-state index in [0.717, 1.165) is 4.68 Å². The van der Waals surface area contributed by atoms with Crippen molar-refractivity contribution < 1.29 is 13.9 Å². The van der Waals surface area contributed by atoms with Gasteiger partial charge >= 0.3 is 0 Å². The fourth-order valence-corrected chi connectivity index (χ4v) is 2.44. The topological polar surface area (TPSA) is 64.4 Å². The van der Waals surface area contributed by atoms with Crippen molar-refractivity contribution in [2.45, 2.75) is 0 Å². The monoisotopic (exact) mass is 353 g/mol. The summed E-state index contributed by atoms with van der Waals surface area (Å²) >= 11 is 0. The van der Waals surface area contributed by atoms with E-state index in [2.05, 4.69) is 5.10 Å². The van der Waals surface area contributed by atoms with E-state index >= 15 is 0 Å². The Morgan fingerprint density at radius 2 is 1.77 bits per heavy atom. The van der Waals surface area contributed by atoms with Crippen LogP contribution in [0.4, 0.5) is 10.1 Å². The number of amides is 1. The van der Waals surface area contributed by atoms with E-state index in [0.29, 0.717) is 11.4 Å². The average Bonchev–Trinajstić information content (AvgIpc) is 2.68. The molecule has 0 radical (unpaired) electrons. The number of nitrogens with zero attached hydrogens (tertiary/aromatic N) is 3. The van der Waals surface area contributed by atoms with E-state index < -0.39 is 17.3 Å². The molecule has 0 spiro atoms. The number of hydrogen-bond donors (Lipinski definition) is 0. The Morgan fingerprint density at radius 1 is 1.12 bits per heavy atom. The molecule has 2 aromatic carbocycles. The van der Waals surface area contributed by atoms with Gasteiger partial charge in [-0.2, -0.15) is 9.78 Å². The minimum atomic E-state index is -0.493. The van der Waals surface area contributed by atoms with Gasteiger partial charge in [-0.15, -0.1) is 0 Å². The van der Waals surface area contributed by atoms with E-state index in [1.807, 2.05) is 18.2 Å². The summed E-state index contributed by atoms with van der Waals surface area (Å²) in [5, 5.41) is 4.16. The number of methoxy groups -OCH3 is 1. The summed E-state index contributed by atoms with van der Waals surface area (Å²) in [6.07, 6.45) is 0. The summed E-state index contributed by atoms with van der Waals surface area (Å²) in [6, 6.07) is 15.4. The summed E-state index contributed by atoms with van der Waals surface area (Å²) in [5.41, 5.74) is 0.492. The van der Waals surface area contributed by atoms with Gasteiger partial charge in [-0.1, -0.05) is 18.2 Å². The minimum absolute atomic E-state index is 0.0252. The van der Waals surface area contributed by atoms with Crippen LogP contribution in [0.25, 0.3) is 5.69 Å². The van der Waals surface area contributed by atoms with Gasteiger partial charge in [0.15, 0.2) is 11.4 Å². The van der Waals surface area contributed by atoms with Crippen LogP contribution in [0.1, 0.15) is 10.5 Å². The number of para-hydroxylation sites is 1. The Morgan fingerprint density at radius 3 is 2.38 bits per heavy atom. The highest BCUT2D eigenvalue weighted by Gasteiger charge is 2.22. The van der Waals surface area contributed by atoms with Gasteiger partial charge in [0.25, 0.3) is 11.5 Å². The summed E-state index contributed by atoms with van der Waals surface area (Å²) in [6.45, 7) is 0. The number of halogens is 1. The number of ether oxygens (including phenoxy) is 1.